The molecule has 0 saturated carbocycles. The number of nitrogens with one attached hydrogen (secondary N) is 2. The summed E-state index contributed by atoms with van der Waals surface area (Å²) < 4.78 is 5.87. The third kappa shape index (κ3) is 7.69. The van der Waals surface area contributed by atoms with Crippen LogP contribution >= 0.6 is 11.3 Å². The van der Waals surface area contributed by atoms with E-state index in [0.29, 0.717) is 19.7 Å². The normalized spacial score (nSPS) is 12.3. The molecule has 0 bridgehead atoms. The van der Waals surface area contributed by atoms with Gasteiger partial charge in [-0.05, 0) is 52.7 Å². The minimum absolute atomic E-state index is 0.136. The molecule has 0 radical (unpaired) electrons. The number of aryl methyl sites for hydroxylation is 2. The van der Waals surface area contributed by atoms with Crippen molar-refractivity contribution in [2.75, 3.05) is 6.54 Å². The van der Waals surface area contributed by atoms with Crippen molar-refractivity contribution >= 4 is 17.3 Å². The molecule has 1 aromatic carbocycles. The SMILES string of the molecule is CCNC(=NCc1cccc(COC(C)(C)C)c1)NCc1nc(C)c(C)s1. The van der Waals surface area contributed by atoms with Gasteiger partial charge in [0.15, 0.2) is 5.96 Å². The zero-order chi connectivity index (χ0) is 19.9. The monoisotopic (exact) mass is 388 g/mol. The molecule has 6 heteroatoms. The maximum absolute atomic E-state index is 5.87. The highest BCUT2D eigenvalue weighted by Crippen LogP contribution is 2.16. The Kier molecular flexibility index (Phi) is 7.80. The second kappa shape index (κ2) is 9.85. The maximum Gasteiger partial charge on any atom is 0.191 e. The Bertz CT molecular complexity index is 742. The Hall–Kier alpha value is -1.92. The van der Waals surface area contributed by atoms with Crippen molar-refractivity contribution in [3.8, 4) is 0 Å². The number of thiazole rings is 1. The Morgan fingerprint density at radius 3 is 2.56 bits per heavy atom. The van der Waals surface area contributed by atoms with Gasteiger partial charge in [0.1, 0.15) is 5.01 Å². The summed E-state index contributed by atoms with van der Waals surface area (Å²) in [6.45, 7) is 15.2. The van der Waals surface area contributed by atoms with Gasteiger partial charge in [-0.15, -0.1) is 11.3 Å². The summed E-state index contributed by atoms with van der Waals surface area (Å²) >= 11 is 1.73. The van der Waals surface area contributed by atoms with Gasteiger partial charge < -0.3 is 15.4 Å². The molecule has 0 aliphatic heterocycles. The quantitative estimate of drug-likeness (QED) is 0.547. The molecule has 0 aliphatic rings. The molecule has 5 nitrogen and oxygen atoms in total. The number of rotatable bonds is 7. The van der Waals surface area contributed by atoms with Crippen LogP contribution in [0.3, 0.4) is 0 Å². The van der Waals surface area contributed by atoms with Gasteiger partial charge in [-0.1, -0.05) is 24.3 Å². The first-order valence-electron chi connectivity index (χ1n) is 9.43. The molecule has 2 rings (SSSR count). The minimum Gasteiger partial charge on any atom is -0.371 e. The van der Waals surface area contributed by atoms with Gasteiger partial charge in [0.2, 0.25) is 0 Å². The summed E-state index contributed by atoms with van der Waals surface area (Å²) in [5, 5.41) is 7.75. The van der Waals surface area contributed by atoms with Crippen LogP contribution in [0.2, 0.25) is 0 Å². The molecular formula is C21H32N4OS. The van der Waals surface area contributed by atoms with E-state index in [4.69, 9.17) is 9.73 Å². The van der Waals surface area contributed by atoms with Gasteiger partial charge in [-0.25, -0.2) is 9.98 Å². The first-order chi connectivity index (χ1) is 12.8. The largest absolute Gasteiger partial charge is 0.371 e. The fraction of sp³-hybridized carbons (Fsp3) is 0.524. The van der Waals surface area contributed by atoms with Gasteiger partial charge in [-0.3, -0.25) is 0 Å². The van der Waals surface area contributed by atoms with Crippen LogP contribution in [-0.2, 0) is 24.4 Å². The second-order valence-corrected chi connectivity index (χ2v) is 8.81. The van der Waals surface area contributed by atoms with Crippen molar-refractivity contribution in [2.45, 2.75) is 66.8 Å². The minimum atomic E-state index is -0.136. The zero-order valence-corrected chi connectivity index (χ0v) is 18.2. The van der Waals surface area contributed by atoms with Crippen LogP contribution in [0.5, 0.6) is 0 Å². The maximum atomic E-state index is 5.87. The summed E-state index contributed by atoms with van der Waals surface area (Å²) in [6.07, 6.45) is 0. The number of ether oxygens (including phenoxy) is 1. The molecule has 0 saturated heterocycles. The number of aromatic nitrogens is 1. The lowest BCUT2D eigenvalue weighted by molar-refractivity contribution is -0.0149. The van der Waals surface area contributed by atoms with E-state index in [1.807, 2.05) is 6.92 Å². The number of hydrogen-bond acceptors (Lipinski definition) is 4. The fourth-order valence-electron chi connectivity index (χ4n) is 2.40. The highest BCUT2D eigenvalue weighted by atomic mass is 32.1. The molecule has 1 heterocycles. The third-order valence-corrected chi connectivity index (χ3v) is 4.98. The number of guanidine groups is 1. The molecule has 148 valence electrons. The first kappa shape index (κ1) is 21.4. The fourth-order valence-corrected chi connectivity index (χ4v) is 3.28. The topological polar surface area (TPSA) is 58.5 Å². The van der Waals surface area contributed by atoms with Gasteiger partial charge in [0.05, 0.1) is 31.0 Å². The standard InChI is InChI=1S/C21H32N4OS/c1-7-22-20(24-13-19-25-15(2)16(3)27-19)23-12-17-9-8-10-18(11-17)14-26-21(4,5)6/h8-11H,7,12-14H2,1-6H3,(H2,22,23,24). The molecule has 0 aliphatic carbocycles. The van der Waals surface area contributed by atoms with E-state index in [0.717, 1.165) is 23.2 Å². The molecule has 1 aromatic heterocycles. The van der Waals surface area contributed by atoms with Crippen LogP contribution in [0, 0.1) is 13.8 Å². The van der Waals surface area contributed by atoms with Crippen molar-refractivity contribution in [1.29, 1.82) is 0 Å². The van der Waals surface area contributed by atoms with E-state index >= 15 is 0 Å². The molecule has 0 atom stereocenters. The first-order valence-corrected chi connectivity index (χ1v) is 10.3. The van der Waals surface area contributed by atoms with Crippen molar-refractivity contribution in [2.24, 2.45) is 4.99 Å². The van der Waals surface area contributed by atoms with E-state index in [-0.39, 0.29) is 5.60 Å². The Labute approximate surface area is 167 Å². The smallest absolute Gasteiger partial charge is 0.191 e. The van der Waals surface area contributed by atoms with Gasteiger partial charge >= 0.3 is 0 Å². The van der Waals surface area contributed by atoms with Crippen LogP contribution < -0.4 is 10.6 Å². The average Bonchev–Trinajstić information content (AvgIpc) is 2.93. The molecule has 0 amide bonds. The van der Waals surface area contributed by atoms with Gasteiger partial charge in [0, 0.05) is 11.4 Å². The van der Waals surface area contributed by atoms with Crippen molar-refractivity contribution in [3.05, 3.63) is 51.0 Å². The Morgan fingerprint density at radius 2 is 1.93 bits per heavy atom. The molecule has 27 heavy (non-hydrogen) atoms. The summed E-state index contributed by atoms with van der Waals surface area (Å²) in [5.74, 6) is 0.805. The van der Waals surface area contributed by atoms with E-state index in [1.165, 1.54) is 16.0 Å². The predicted octanol–water partition coefficient (Wildman–Crippen LogP) is 4.33. The van der Waals surface area contributed by atoms with Gasteiger partial charge in [0.25, 0.3) is 0 Å². The summed E-state index contributed by atoms with van der Waals surface area (Å²) in [6, 6.07) is 8.41. The van der Waals surface area contributed by atoms with Crippen LogP contribution in [0.1, 0.15) is 54.4 Å². The highest BCUT2D eigenvalue weighted by Gasteiger charge is 2.10. The van der Waals surface area contributed by atoms with Crippen LogP contribution in [-0.4, -0.2) is 23.1 Å². The lowest BCUT2D eigenvalue weighted by Gasteiger charge is -2.19. The third-order valence-electron chi connectivity index (χ3n) is 3.91. The molecule has 0 fully saturated rings. The number of nitrogens with zero attached hydrogens (tertiary/aromatic N) is 2. The lowest BCUT2D eigenvalue weighted by Crippen LogP contribution is -2.36. The highest BCUT2D eigenvalue weighted by molar-refractivity contribution is 7.11. The van der Waals surface area contributed by atoms with Crippen LogP contribution in [0.25, 0.3) is 0 Å². The van der Waals surface area contributed by atoms with Crippen LogP contribution in [0.15, 0.2) is 29.3 Å². The average molecular weight is 389 g/mol. The van der Waals surface area contributed by atoms with Crippen molar-refractivity contribution < 1.29 is 4.74 Å². The van der Waals surface area contributed by atoms with Crippen molar-refractivity contribution in [3.63, 3.8) is 0 Å². The molecule has 2 N–H and O–H groups in total. The molecule has 0 unspecified atom stereocenters. The van der Waals surface area contributed by atoms with E-state index < -0.39 is 0 Å². The van der Waals surface area contributed by atoms with Crippen molar-refractivity contribution in [1.82, 2.24) is 15.6 Å². The number of aliphatic imine (C=N–C) groups is 1. The molecule has 0 spiro atoms. The summed E-state index contributed by atoms with van der Waals surface area (Å²) in [5.41, 5.74) is 3.31. The molecular weight excluding hydrogens is 356 g/mol. The Balaban J connectivity index is 1.97. The Morgan fingerprint density at radius 1 is 1.19 bits per heavy atom. The second-order valence-electron chi connectivity index (χ2n) is 7.52. The summed E-state index contributed by atoms with van der Waals surface area (Å²) in [4.78, 5) is 10.5. The predicted molar refractivity (Wildman–Crippen MR) is 114 cm³/mol. The zero-order valence-electron chi connectivity index (χ0n) is 17.3. The lowest BCUT2D eigenvalue weighted by atomic mass is 10.1. The van der Waals surface area contributed by atoms with E-state index in [2.05, 4.69) is 74.5 Å². The van der Waals surface area contributed by atoms with Crippen LogP contribution in [0.4, 0.5) is 0 Å². The van der Waals surface area contributed by atoms with E-state index in [1.54, 1.807) is 11.3 Å². The number of hydrogen-bond donors (Lipinski definition) is 2. The summed E-state index contributed by atoms with van der Waals surface area (Å²) in [7, 11) is 0. The van der Waals surface area contributed by atoms with E-state index in [9.17, 15) is 0 Å². The number of benzene rings is 1. The molecule has 2 aromatic rings. The van der Waals surface area contributed by atoms with Gasteiger partial charge in [-0.2, -0.15) is 0 Å².